The quantitative estimate of drug-likeness (QED) is 0.338. The summed E-state index contributed by atoms with van der Waals surface area (Å²) < 4.78 is 41.5. The molecule has 4 rings (SSSR count). The first-order valence-electron chi connectivity index (χ1n) is 10.9. The third-order valence-electron chi connectivity index (χ3n) is 5.17. The number of sulfonamides is 1. The summed E-state index contributed by atoms with van der Waals surface area (Å²) in [6.45, 7) is 3.53. The monoisotopic (exact) mass is 511 g/mol. The molecule has 0 fully saturated rings. The Labute approximate surface area is 207 Å². The highest BCUT2D eigenvalue weighted by atomic mass is 32.2. The molecule has 0 aliphatic rings. The first-order valence-corrected chi connectivity index (χ1v) is 13.2. The van der Waals surface area contributed by atoms with Crippen LogP contribution in [0, 0.1) is 0 Å². The van der Waals surface area contributed by atoms with Crippen molar-refractivity contribution in [3.63, 3.8) is 0 Å². The Balaban J connectivity index is 1.67. The molecule has 10 heteroatoms. The number of fused-ring (bicyclic) bond motifs is 1. The van der Waals surface area contributed by atoms with Gasteiger partial charge in [-0.25, -0.2) is 8.42 Å². The number of amides is 1. The summed E-state index contributed by atoms with van der Waals surface area (Å²) in [4.78, 5) is 18.1. The van der Waals surface area contributed by atoms with E-state index < -0.39 is 15.9 Å². The molecule has 0 spiro atoms. The summed E-state index contributed by atoms with van der Waals surface area (Å²) in [6.07, 6.45) is 0. The van der Waals surface area contributed by atoms with Gasteiger partial charge in [0, 0.05) is 24.4 Å². The molecule has 0 unspecified atom stereocenters. The number of nitrogens with one attached hydrogen (secondary N) is 1. The molecule has 1 aromatic heterocycles. The number of thiazole rings is 1. The summed E-state index contributed by atoms with van der Waals surface area (Å²) in [5, 5.41) is 0. The van der Waals surface area contributed by atoms with Crippen LogP contribution in [-0.2, 0) is 21.3 Å². The van der Waals surface area contributed by atoms with Gasteiger partial charge in [0.1, 0.15) is 5.75 Å². The molecule has 182 valence electrons. The Morgan fingerprint density at radius 1 is 1.06 bits per heavy atom. The van der Waals surface area contributed by atoms with Gasteiger partial charge in [-0.3, -0.25) is 9.52 Å². The maximum atomic E-state index is 13.1. The van der Waals surface area contributed by atoms with E-state index in [9.17, 15) is 13.2 Å². The highest BCUT2D eigenvalue weighted by molar-refractivity contribution is 7.92. The lowest BCUT2D eigenvalue weighted by Gasteiger charge is -2.09. The molecule has 0 atom stereocenters. The highest BCUT2D eigenvalue weighted by Gasteiger charge is 2.15. The number of aromatic nitrogens is 1. The van der Waals surface area contributed by atoms with Crippen LogP contribution in [0.15, 0.2) is 82.7 Å². The molecule has 0 saturated heterocycles. The zero-order chi connectivity index (χ0) is 24.8. The molecule has 1 heterocycles. The fourth-order valence-corrected chi connectivity index (χ4v) is 5.62. The largest absolute Gasteiger partial charge is 0.497 e. The summed E-state index contributed by atoms with van der Waals surface area (Å²) in [5.41, 5.74) is 1.47. The van der Waals surface area contributed by atoms with Crippen LogP contribution in [0.25, 0.3) is 10.2 Å². The van der Waals surface area contributed by atoms with Gasteiger partial charge in [-0.05, 0) is 55.5 Å². The van der Waals surface area contributed by atoms with Gasteiger partial charge in [-0.1, -0.05) is 35.6 Å². The van der Waals surface area contributed by atoms with Gasteiger partial charge in [0.05, 0.1) is 28.8 Å². The van der Waals surface area contributed by atoms with Crippen molar-refractivity contribution in [1.82, 2.24) is 4.57 Å². The van der Waals surface area contributed by atoms with E-state index in [-0.39, 0.29) is 16.1 Å². The zero-order valence-electron chi connectivity index (χ0n) is 19.3. The lowest BCUT2D eigenvalue weighted by Crippen LogP contribution is -2.20. The van der Waals surface area contributed by atoms with E-state index in [4.69, 9.17) is 9.47 Å². The molecule has 0 aliphatic heterocycles. The number of rotatable bonds is 9. The van der Waals surface area contributed by atoms with E-state index in [1.807, 2.05) is 29.7 Å². The maximum absolute atomic E-state index is 13.1. The van der Waals surface area contributed by atoms with Crippen LogP contribution in [0.5, 0.6) is 5.75 Å². The van der Waals surface area contributed by atoms with Crippen LogP contribution >= 0.6 is 11.3 Å². The predicted molar refractivity (Wildman–Crippen MR) is 136 cm³/mol. The number of carbonyl (C=O) groups is 1. The smallest absolute Gasteiger partial charge is 0.279 e. The van der Waals surface area contributed by atoms with E-state index in [1.54, 1.807) is 43.5 Å². The predicted octanol–water partition coefficient (Wildman–Crippen LogP) is 4.29. The van der Waals surface area contributed by atoms with E-state index in [2.05, 4.69) is 9.71 Å². The molecular formula is C25H25N3O5S2. The number of hydrogen-bond donors (Lipinski definition) is 1. The van der Waals surface area contributed by atoms with Crippen LogP contribution in [0.3, 0.4) is 0 Å². The summed E-state index contributed by atoms with van der Waals surface area (Å²) >= 11 is 1.37. The second-order valence-corrected chi connectivity index (χ2v) is 10.2. The van der Waals surface area contributed by atoms with Gasteiger partial charge in [-0.15, -0.1) is 0 Å². The first-order chi connectivity index (χ1) is 16.9. The zero-order valence-corrected chi connectivity index (χ0v) is 20.9. The van der Waals surface area contributed by atoms with E-state index in [0.717, 1.165) is 10.2 Å². The summed E-state index contributed by atoms with van der Waals surface area (Å²) in [5.74, 6) is 0.237. The van der Waals surface area contributed by atoms with Crippen molar-refractivity contribution in [2.24, 2.45) is 4.99 Å². The summed E-state index contributed by atoms with van der Waals surface area (Å²) in [7, 11) is -2.18. The Morgan fingerprint density at radius 3 is 2.60 bits per heavy atom. The molecule has 1 amide bonds. The lowest BCUT2D eigenvalue weighted by atomic mass is 10.2. The Bertz CT molecular complexity index is 1510. The lowest BCUT2D eigenvalue weighted by molar-refractivity contribution is 0.0996. The molecule has 0 bridgehead atoms. The molecule has 0 aliphatic carbocycles. The van der Waals surface area contributed by atoms with Crippen LogP contribution in [-0.4, -0.2) is 39.2 Å². The van der Waals surface area contributed by atoms with E-state index in [1.165, 1.54) is 29.5 Å². The van der Waals surface area contributed by atoms with Gasteiger partial charge >= 0.3 is 0 Å². The summed E-state index contributed by atoms with van der Waals surface area (Å²) in [6, 6.07) is 20.0. The van der Waals surface area contributed by atoms with Crippen LogP contribution in [0.4, 0.5) is 5.69 Å². The van der Waals surface area contributed by atoms with Crippen LogP contribution in [0.2, 0.25) is 0 Å². The third-order valence-corrected chi connectivity index (χ3v) is 7.60. The fourth-order valence-electron chi connectivity index (χ4n) is 3.46. The Morgan fingerprint density at radius 2 is 1.86 bits per heavy atom. The molecule has 35 heavy (non-hydrogen) atoms. The standard InChI is InChI=1S/C25H25N3O5S2/c1-3-33-15-14-28-22-13-12-20(32-2)17-23(22)34-25(28)26-24(29)18-8-7-9-19(16-18)27-35(30,31)21-10-5-4-6-11-21/h4-13,16-17,27H,3,14-15H2,1-2H3. The van der Waals surface area contributed by atoms with E-state index in [0.29, 0.717) is 30.3 Å². The number of carbonyl (C=O) groups excluding carboxylic acids is 1. The normalized spacial score (nSPS) is 12.1. The van der Waals surface area contributed by atoms with Gasteiger partial charge in [-0.2, -0.15) is 4.99 Å². The number of nitrogens with zero attached hydrogens (tertiary/aromatic N) is 2. The molecule has 3 aromatic carbocycles. The topological polar surface area (TPSA) is 99.0 Å². The molecule has 4 aromatic rings. The van der Waals surface area contributed by atoms with Crippen molar-refractivity contribution in [2.75, 3.05) is 25.0 Å². The number of methoxy groups -OCH3 is 1. The van der Waals surface area contributed by atoms with Crippen molar-refractivity contribution in [3.8, 4) is 5.75 Å². The van der Waals surface area contributed by atoms with Gasteiger partial charge in [0.2, 0.25) is 0 Å². The molecule has 0 saturated carbocycles. The van der Waals surface area contributed by atoms with Crippen LogP contribution < -0.4 is 14.3 Å². The van der Waals surface area contributed by atoms with Gasteiger partial charge in [0.15, 0.2) is 4.80 Å². The molecule has 8 nitrogen and oxygen atoms in total. The minimum Gasteiger partial charge on any atom is -0.497 e. The van der Waals surface area contributed by atoms with Crippen molar-refractivity contribution >= 4 is 43.2 Å². The average molecular weight is 512 g/mol. The number of ether oxygens (including phenoxy) is 2. The molecule has 1 N–H and O–H groups in total. The van der Waals surface area contributed by atoms with Gasteiger partial charge < -0.3 is 14.0 Å². The van der Waals surface area contributed by atoms with Crippen molar-refractivity contribution < 1.29 is 22.7 Å². The molecular weight excluding hydrogens is 486 g/mol. The van der Waals surface area contributed by atoms with Crippen LogP contribution in [0.1, 0.15) is 17.3 Å². The first kappa shape index (κ1) is 24.6. The fraction of sp³-hybridized carbons (Fsp3) is 0.200. The van der Waals surface area contributed by atoms with Crippen molar-refractivity contribution in [3.05, 3.63) is 83.2 Å². The highest BCUT2D eigenvalue weighted by Crippen LogP contribution is 2.23. The number of benzene rings is 3. The number of anilines is 1. The van der Waals surface area contributed by atoms with Crippen molar-refractivity contribution in [2.45, 2.75) is 18.4 Å². The van der Waals surface area contributed by atoms with E-state index >= 15 is 0 Å². The maximum Gasteiger partial charge on any atom is 0.279 e. The average Bonchev–Trinajstić information content (AvgIpc) is 3.20. The SMILES string of the molecule is CCOCCn1c(=NC(=O)c2cccc(NS(=O)(=O)c3ccccc3)c2)sc2cc(OC)ccc21. The Kier molecular flexibility index (Phi) is 7.64. The van der Waals surface area contributed by atoms with Gasteiger partial charge in [0.25, 0.3) is 15.9 Å². The van der Waals surface area contributed by atoms with Crippen molar-refractivity contribution in [1.29, 1.82) is 0 Å². The second kappa shape index (κ2) is 10.9. The number of hydrogen-bond acceptors (Lipinski definition) is 6. The second-order valence-electron chi connectivity index (χ2n) is 7.48. The third kappa shape index (κ3) is 5.79. The minimum atomic E-state index is -3.78. The minimum absolute atomic E-state index is 0.137. The Hall–Kier alpha value is -3.47. The molecule has 0 radical (unpaired) electrons.